The van der Waals surface area contributed by atoms with E-state index in [4.69, 9.17) is 0 Å². The van der Waals surface area contributed by atoms with Crippen LogP contribution in [0.2, 0.25) is 0 Å². The van der Waals surface area contributed by atoms with Gasteiger partial charge in [-0.1, -0.05) is 30.3 Å². The van der Waals surface area contributed by atoms with Crippen molar-refractivity contribution in [2.24, 2.45) is 5.92 Å². The highest BCUT2D eigenvalue weighted by Gasteiger charge is 2.28. The molecule has 1 atom stereocenters. The zero-order chi connectivity index (χ0) is 15.4. The van der Waals surface area contributed by atoms with Gasteiger partial charge in [0.05, 0.1) is 17.3 Å². The zero-order valence-corrected chi connectivity index (χ0v) is 12.0. The van der Waals surface area contributed by atoms with Gasteiger partial charge in [0.1, 0.15) is 0 Å². The van der Waals surface area contributed by atoms with Gasteiger partial charge in [-0.25, -0.2) is 0 Å². The number of hydrogen-bond donors (Lipinski definition) is 3. The van der Waals surface area contributed by atoms with Crippen LogP contribution in [0.4, 0.5) is 17.1 Å². The lowest BCUT2D eigenvalue weighted by Gasteiger charge is -2.14. The van der Waals surface area contributed by atoms with Crippen LogP contribution in [0, 0.1) is 5.92 Å². The molecule has 22 heavy (non-hydrogen) atoms. The summed E-state index contributed by atoms with van der Waals surface area (Å²) in [5, 5.41) is 8.85. The van der Waals surface area contributed by atoms with Gasteiger partial charge in [-0.3, -0.25) is 9.59 Å². The summed E-state index contributed by atoms with van der Waals surface area (Å²) in [4.78, 5) is 23.4. The lowest BCUT2D eigenvalue weighted by molar-refractivity contribution is -0.123. The Hall–Kier alpha value is -2.82. The first-order valence-electron chi connectivity index (χ1n) is 7.21. The van der Waals surface area contributed by atoms with Crippen LogP contribution in [0.1, 0.15) is 6.42 Å². The summed E-state index contributed by atoms with van der Waals surface area (Å²) in [6, 6.07) is 17.3. The van der Waals surface area contributed by atoms with Gasteiger partial charge in [-0.2, -0.15) is 0 Å². The summed E-state index contributed by atoms with van der Waals surface area (Å²) in [5.41, 5.74) is 2.47. The lowest BCUT2D eigenvalue weighted by Crippen LogP contribution is -2.25. The maximum atomic E-state index is 12.2. The molecule has 1 fully saturated rings. The van der Waals surface area contributed by atoms with Crippen molar-refractivity contribution < 1.29 is 9.59 Å². The molecular weight excluding hydrogens is 278 g/mol. The van der Waals surface area contributed by atoms with Crippen LogP contribution >= 0.6 is 0 Å². The van der Waals surface area contributed by atoms with E-state index in [0.717, 1.165) is 11.4 Å². The summed E-state index contributed by atoms with van der Waals surface area (Å²) in [6.07, 6.45) is 0.250. The monoisotopic (exact) mass is 295 g/mol. The Balaban J connectivity index is 1.74. The van der Waals surface area contributed by atoms with E-state index in [1.807, 2.05) is 54.6 Å². The number of rotatable bonds is 4. The molecule has 2 amide bonds. The summed E-state index contributed by atoms with van der Waals surface area (Å²) in [5.74, 6) is -0.520. The number of nitrogens with one attached hydrogen (secondary N) is 3. The Bertz CT molecular complexity index is 685. The summed E-state index contributed by atoms with van der Waals surface area (Å²) in [6.45, 7) is 0.402. The van der Waals surface area contributed by atoms with E-state index in [2.05, 4.69) is 16.0 Å². The van der Waals surface area contributed by atoms with Gasteiger partial charge in [0, 0.05) is 18.7 Å². The van der Waals surface area contributed by atoms with Crippen molar-refractivity contribution in [3.8, 4) is 0 Å². The van der Waals surface area contributed by atoms with E-state index in [-0.39, 0.29) is 24.2 Å². The van der Waals surface area contributed by atoms with Crippen LogP contribution in [0.3, 0.4) is 0 Å². The highest BCUT2D eigenvalue weighted by molar-refractivity contribution is 5.99. The van der Waals surface area contributed by atoms with Gasteiger partial charge in [-0.05, 0) is 24.3 Å². The van der Waals surface area contributed by atoms with Crippen molar-refractivity contribution in [1.29, 1.82) is 0 Å². The minimum Gasteiger partial charge on any atom is -0.355 e. The first kappa shape index (κ1) is 14.1. The van der Waals surface area contributed by atoms with Crippen LogP contribution < -0.4 is 16.0 Å². The molecule has 1 heterocycles. The molecule has 1 saturated heterocycles. The van der Waals surface area contributed by atoms with Gasteiger partial charge < -0.3 is 16.0 Å². The smallest absolute Gasteiger partial charge is 0.229 e. The van der Waals surface area contributed by atoms with Crippen molar-refractivity contribution in [2.75, 3.05) is 17.2 Å². The Labute approximate surface area is 128 Å². The van der Waals surface area contributed by atoms with Crippen molar-refractivity contribution in [1.82, 2.24) is 5.32 Å². The third kappa shape index (κ3) is 3.25. The third-order valence-electron chi connectivity index (χ3n) is 3.59. The minimum absolute atomic E-state index is 0.0733. The number of carbonyl (C=O) groups excluding carboxylic acids is 2. The van der Waals surface area contributed by atoms with Gasteiger partial charge in [-0.15, -0.1) is 0 Å². The average molecular weight is 295 g/mol. The van der Waals surface area contributed by atoms with E-state index in [9.17, 15) is 9.59 Å². The van der Waals surface area contributed by atoms with Gasteiger partial charge in [0.25, 0.3) is 0 Å². The van der Waals surface area contributed by atoms with Gasteiger partial charge in [0.2, 0.25) is 11.8 Å². The SMILES string of the molecule is O=C1C[C@@H](C(=O)Nc2ccccc2Nc2ccccc2)CN1. The number of anilines is 3. The fourth-order valence-electron chi connectivity index (χ4n) is 2.40. The largest absolute Gasteiger partial charge is 0.355 e. The molecule has 0 saturated carbocycles. The highest BCUT2D eigenvalue weighted by Crippen LogP contribution is 2.26. The molecule has 0 bridgehead atoms. The molecule has 5 heteroatoms. The standard InChI is InChI=1S/C17H17N3O2/c21-16-10-12(11-18-16)17(22)20-15-9-5-4-8-14(15)19-13-6-2-1-3-7-13/h1-9,12,19H,10-11H2,(H,18,21)(H,20,22)/t12-/m1/s1. The van der Waals surface area contributed by atoms with E-state index in [1.54, 1.807) is 0 Å². The number of amides is 2. The Morgan fingerprint density at radius 3 is 2.36 bits per heavy atom. The highest BCUT2D eigenvalue weighted by atomic mass is 16.2. The molecule has 112 valence electrons. The first-order valence-corrected chi connectivity index (χ1v) is 7.21. The molecule has 0 aliphatic carbocycles. The van der Waals surface area contributed by atoms with E-state index in [1.165, 1.54) is 0 Å². The fraction of sp³-hybridized carbons (Fsp3) is 0.176. The molecule has 1 aliphatic rings. The number of hydrogen-bond acceptors (Lipinski definition) is 3. The van der Waals surface area contributed by atoms with Crippen molar-refractivity contribution in [2.45, 2.75) is 6.42 Å². The first-order chi connectivity index (χ1) is 10.7. The Kier molecular flexibility index (Phi) is 4.05. The van der Waals surface area contributed by atoms with Crippen LogP contribution in [0.25, 0.3) is 0 Å². The molecule has 0 unspecified atom stereocenters. The zero-order valence-electron chi connectivity index (χ0n) is 12.0. The molecule has 2 aromatic rings. The van der Waals surface area contributed by atoms with Crippen molar-refractivity contribution in [3.63, 3.8) is 0 Å². The molecule has 2 aromatic carbocycles. The Morgan fingerprint density at radius 2 is 1.68 bits per heavy atom. The maximum absolute atomic E-state index is 12.2. The second kappa shape index (κ2) is 6.30. The quantitative estimate of drug-likeness (QED) is 0.811. The molecular formula is C17H17N3O2. The molecule has 0 spiro atoms. The lowest BCUT2D eigenvalue weighted by atomic mass is 10.1. The summed E-state index contributed by atoms with van der Waals surface area (Å²) >= 11 is 0. The van der Waals surface area contributed by atoms with Gasteiger partial charge >= 0.3 is 0 Å². The summed E-state index contributed by atoms with van der Waals surface area (Å²) in [7, 11) is 0. The third-order valence-corrected chi connectivity index (χ3v) is 3.59. The predicted octanol–water partition coefficient (Wildman–Crippen LogP) is 2.50. The minimum atomic E-state index is -0.308. The fourth-order valence-corrected chi connectivity index (χ4v) is 2.40. The van der Waals surface area contributed by atoms with Crippen LogP contribution in [-0.4, -0.2) is 18.4 Å². The Morgan fingerprint density at radius 1 is 1.00 bits per heavy atom. The molecule has 1 aliphatic heterocycles. The second-order valence-electron chi connectivity index (χ2n) is 5.23. The topological polar surface area (TPSA) is 70.2 Å². The van der Waals surface area contributed by atoms with E-state index >= 15 is 0 Å². The molecule has 3 N–H and O–H groups in total. The van der Waals surface area contributed by atoms with E-state index < -0.39 is 0 Å². The van der Waals surface area contributed by atoms with Crippen LogP contribution in [0.15, 0.2) is 54.6 Å². The van der Waals surface area contributed by atoms with E-state index in [0.29, 0.717) is 12.2 Å². The normalized spacial score (nSPS) is 16.9. The number of para-hydroxylation sites is 3. The van der Waals surface area contributed by atoms with Crippen molar-refractivity contribution in [3.05, 3.63) is 54.6 Å². The summed E-state index contributed by atoms with van der Waals surface area (Å²) < 4.78 is 0. The average Bonchev–Trinajstić information content (AvgIpc) is 2.97. The molecule has 0 radical (unpaired) electrons. The van der Waals surface area contributed by atoms with Crippen LogP contribution in [0.5, 0.6) is 0 Å². The molecule has 5 nitrogen and oxygen atoms in total. The van der Waals surface area contributed by atoms with Crippen molar-refractivity contribution >= 4 is 28.9 Å². The maximum Gasteiger partial charge on any atom is 0.229 e. The van der Waals surface area contributed by atoms with Crippen LogP contribution in [-0.2, 0) is 9.59 Å². The van der Waals surface area contributed by atoms with Gasteiger partial charge in [0.15, 0.2) is 0 Å². The predicted molar refractivity (Wildman–Crippen MR) is 85.9 cm³/mol. The number of carbonyl (C=O) groups is 2. The number of benzene rings is 2. The molecule has 3 rings (SSSR count). The second-order valence-corrected chi connectivity index (χ2v) is 5.23. The molecule has 0 aromatic heterocycles.